The molecular formula is C9H13NO3. The molecule has 72 valence electrons. The lowest BCUT2D eigenvalue weighted by molar-refractivity contribution is -0.137. The van der Waals surface area contributed by atoms with Gasteiger partial charge in [0, 0.05) is 13.1 Å². The Hall–Kier alpha value is -1.03. The fraction of sp³-hybridized carbons (Fsp3) is 0.667. The normalized spacial score (nSPS) is 23.2. The van der Waals surface area contributed by atoms with Gasteiger partial charge in [0.1, 0.15) is 0 Å². The molecule has 0 aliphatic carbocycles. The zero-order chi connectivity index (χ0) is 9.26. The van der Waals surface area contributed by atoms with Crippen LogP contribution in [0.2, 0.25) is 0 Å². The van der Waals surface area contributed by atoms with Gasteiger partial charge in [0.2, 0.25) is 0 Å². The molecule has 0 bridgehead atoms. The average molecular weight is 183 g/mol. The number of amides is 1. The molecule has 1 N–H and O–H groups in total. The van der Waals surface area contributed by atoms with Gasteiger partial charge >= 0.3 is 0 Å². The summed E-state index contributed by atoms with van der Waals surface area (Å²) in [6.45, 7) is 1.64. The van der Waals surface area contributed by atoms with Gasteiger partial charge in [0.05, 0.1) is 24.5 Å². The monoisotopic (exact) mass is 183 g/mol. The zero-order valence-electron chi connectivity index (χ0n) is 7.40. The van der Waals surface area contributed by atoms with E-state index in [0.29, 0.717) is 19.7 Å². The maximum Gasteiger partial charge on any atom is 0.253 e. The number of hydrogen-bond donors (Lipinski definition) is 1. The molecule has 0 spiro atoms. The molecule has 0 aromatic heterocycles. The molecule has 0 radical (unpaired) electrons. The van der Waals surface area contributed by atoms with E-state index >= 15 is 0 Å². The number of aliphatic hydroxyl groups excluding tert-OH is 1. The molecule has 4 heteroatoms. The first kappa shape index (κ1) is 8.56. The third-order valence-corrected chi connectivity index (χ3v) is 2.36. The molecule has 1 saturated heterocycles. The first-order valence-corrected chi connectivity index (χ1v) is 4.55. The predicted octanol–water partition coefficient (Wildman–Crippen LogP) is -0.116. The van der Waals surface area contributed by atoms with Gasteiger partial charge in [-0.2, -0.15) is 0 Å². The van der Waals surface area contributed by atoms with Gasteiger partial charge in [0.25, 0.3) is 5.91 Å². The van der Waals surface area contributed by atoms with Crippen molar-refractivity contribution < 1.29 is 14.6 Å². The molecule has 0 aromatic rings. The molecular weight excluding hydrogens is 170 g/mol. The van der Waals surface area contributed by atoms with E-state index in [0.717, 1.165) is 18.4 Å². The first-order chi connectivity index (χ1) is 6.27. The van der Waals surface area contributed by atoms with Gasteiger partial charge in [-0.3, -0.25) is 4.79 Å². The smallest absolute Gasteiger partial charge is 0.253 e. The Kier molecular flexibility index (Phi) is 2.22. The Morgan fingerprint density at radius 2 is 2.38 bits per heavy atom. The van der Waals surface area contributed by atoms with Gasteiger partial charge in [-0.1, -0.05) is 0 Å². The average Bonchev–Trinajstić information content (AvgIpc) is 2.13. The van der Waals surface area contributed by atoms with E-state index in [-0.39, 0.29) is 12.0 Å². The molecule has 0 unspecified atom stereocenters. The van der Waals surface area contributed by atoms with Crippen molar-refractivity contribution >= 4 is 5.91 Å². The van der Waals surface area contributed by atoms with E-state index < -0.39 is 0 Å². The van der Waals surface area contributed by atoms with Crippen molar-refractivity contribution in [2.45, 2.75) is 18.9 Å². The molecule has 13 heavy (non-hydrogen) atoms. The molecule has 2 heterocycles. The molecule has 0 saturated carbocycles. The Morgan fingerprint density at radius 1 is 1.62 bits per heavy atom. The summed E-state index contributed by atoms with van der Waals surface area (Å²) in [4.78, 5) is 13.2. The lowest BCUT2D eigenvalue weighted by Gasteiger charge is -2.36. The molecule has 2 rings (SSSR count). The number of nitrogens with zero attached hydrogens (tertiary/aromatic N) is 1. The highest BCUT2D eigenvalue weighted by molar-refractivity contribution is 5.93. The second-order valence-electron chi connectivity index (χ2n) is 3.48. The summed E-state index contributed by atoms with van der Waals surface area (Å²) >= 11 is 0. The lowest BCUT2D eigenvalue weighted by atomic mass is 10.1. The Labute approximate surface area is 76.8 Å². The first-order valence-electron chi connectivity index (χ1n) is 4.55. The number of carbonyl (C=O) groups is 1. The maximum absolute atomic E-state index is 11.6. The van der Waals surface area contributed by atoms with Crippen molar-refractivity contribution in [1.82, 2.24) is 4.90 Å². The van der Waals surface area contributed by atoms with Crippen LogP contribution in [-0.2, 0) is 9.53 Å². The van der Waals surface area contributed by atoms with Gasteiger partial charge in [-0.25, -0.2) is 0 Å². The van der Waals surface area contributed by atoms with Crippen molar-refractivity contribution in [3.63, 3.8) is 0 Å². The van der Waals surface area contributed by atoms with Gasteiger partial charge in [-0.05, 0) is 12.8 Å². The molecule has 1 fully saturated rings. The Balaban J connectivity index is 1.93. The van der Waals surface area contributed by atoms with Gasteiger partial charge in [0.15, 0.2) is 0 Å². The number of β-amino-alcohol motifs (C(OH)–C–C–N with tert-alkyl or cyclic N) is 1. The van der Waals surface area contributed by atoms with Crippen LogP contribution in [0.5, 0.6) is 0 Å². The van der Waals surface area contributed by atoms with Crippen LogP contribution in [0, 0.1) is 0 Å². The van der Waals surface area contributed by atoms with E-state index in [1.807, 2.05) is 0 Å². The number of likely N-dealkylation sites (tertiary alicyclic amines) is 1. The quantitative estimate of drug-likeness (QED) is 0.616. The number of ether oxygens (including phenoxy) is 1. The second kappa shape index (κ2) is 3.38. The number of aliphatic hydroxyl groups is 1. The Bertz CT molecular complexity index is 243. The summed E-state index contributed by atoms with van der Waals surface area (Å²) in [7, 11) is 0. The fourth-order valence-electron chi connectivity index (χ4n) is 1.55. The lowest BCUT2D eigenvalue weighted by Crippen LogP contribution is -2.54. The van der Waals surface area contributed by atoms with Crippen LogP contribution in [0.3, 0.4) is 0 Å². The summed E-state index contributed by atoms with van der Waals surface area (Å²) in [5.41, 5.74) is 0.734. The van der Waals surface area contributed by atoms with E-state index in [1.165, 1.54) is 0 Å². The fourth-order valence-corrected chi connectivity index (χ4v) is 1.55. The summed E-state index contributed by atoms with van der Waals surface area (Å²) in [6.07, 6.45) is 2.93. The van der Waals surface area contributed by atoms with Gasteiger partial charge < -0.3 is 14.7 Å². The third kappa shape index (κ3) is 1.67. The number of hydrogen-bond acceptors (Lipinski definition) is 3. The topological polar surface area (TPSA) is 49.8 Å². The minimum atomic E-state index is -0.325. The van der Waals surface area contributed by atoms with E-state index in [2.05, 4.69) is 0 Å². The zero-order valence-corrected chi connectivity index (χ0v) is 7.40. The molecule has 1 amide bonds. The van der Waals surface area contributed by atoms with Crippen molar-refractivity contribution in [1.29, 1.82) is 0 Å². The second-order valence-corrected chi connectivity index (χ2v) is 3.48. The van der Waals surface area contributed by atoms with Crippen molar-refractivity contribution in [3.8, 4) is 0 Å². The van der Waals surface area contributed by atoms with E-state index in [9.17, 15) is 4.79 Å². The molecule has 0 atom stereocenters. The highest BCUT2D eigenvalue weighted by Crippen LogP contribution is 2.18. The summed E-state index contributed by atoms with van der Waals surface area (Å²) < 4.78 is 5.08. The minimum Gasteiger partial charge on any atom is -0.501 e. The van der Waals surface area contributed by atoms with Crippen LogP contribution in [0.15, 0.2) is 11.8 Å². The SMILES string of the molecule is O=C(C1=COCCC1)N1CC(O)C1. The van der Waals surface area contributed by atoms with Crippen LogP contribution in [0.25, 0.3) is 0 Å². The highest BCUT2D eigenvalue weighted by Gasteiger charge is 2.30. The number of rotatable bonds is 1. The minimum absolute atomic E-state index is 0.0185. The number of carbonyl (C=O) groups excluding carboxylic acids is 1. The molecule has 4 nitrogen and oxygen atoms in total. The molecule has 0 aromatic carbocycles. The van der Waals surface area contributed by atoms with Crippen LogP contribution in [0.1, 0.15) is 12.8 Å². The van der Waals surface area contributed by atoms with Crippen LogP contribution >= 0.6 is 0 Å². The summed E-state index contributed by atoms with van der Waals surface area (Å²) in [6, 6.07) is 0. The van der Waals surface area contributed by atoms with Crippen LogP contribution < -0.4 is 0 Å². The standard InChI is InChI=1S/C9H13NO3/c11-8-4-10(5-8)9(12)7-2-1-3-13-6-7/h6,8,11H,1-5H2. The molecule has 2 aliphatic heterocycles. The van der Waals surface area contributed by atoms with Crippen molar-refractivity contribution in [2.75, 3.05) is 19.7 Å². The highest BCUT2D eigenvalue weighted by atomic mass is 16.5. The molecule has 2 aliphatic rings. The van der Waals surface area contributed by atoms with Gasteiger partial charge in [-0.15, -0.1) is 0 Å². The maximum atomic E-state index is 11.6. The predicted molar refractivity (Wildman–Crippen MR) is 45.9 cm³/mol. The van der Waals surface area contributed by atoms with E-state index in [4.69, 9.17) is 9.84 Å². The van der Waals surface area contributed by atoms with E-state index in [1.54, 1.807) is 11.2 Å². The Morgan fingerprint density at radius 3 is 2.92 bits per heavy atom. The van der Waals surface area contributed by atoms with Crippen LogP contribution in [0.4, 0.5) is 0 Å². The summed E-state index contributed by atoms with van der Waals surface area (Å²) in [5.74, 6) is 0.0185. The third-order valence-electron chi connectivity index (χ3n) is 2.36. The van der Waals surface area contributed by atoms with Crippen LogP contribution in [-0.4, -0.2) is 41.7 Å². The van der Waals surface area contributed by atoms with Crippen molar-refractivity contribution in [2.24, 2.45) is 0 Å². The van der Waals surface area contributed by atoms with Crippen molar-refractivity contribution in [3.05, 3.63) is 11.8 Å². The summed E-state index contributed by atoms with van der Waals surface area (Å²) in [5, 5.41) is 9.02. The largest absolute Gasteiger partial charge is 0.501 e.